The third-order valence-corrected chi connectivity index (χ3v) is 4.42. The van der Waals surface area contributed by atoms with Crippen molar-refractivity contribution in [3.63, 3.8) is 0 Å². The maximum atomic E-state index is 12.9. The van der Waals surface area contributed by atoms with E-state index >= 15 is 0 Å². The Kier molecular flexibility index (Phi) is 5.28. The van der Waals surface area contributed by atoms with Crippen LogP contribution in [-0.4, -0.2) is 21.5 Å². The second kappa shape index (κ2) is 7.48. The van der Waals surface area contributed by atoms with E-state index in [9.17, 15) is 9.59 Å². The van der Waals surface area contributed by atoms with Crippen molar-refractivity contribution >= 4 is 27.7 Å². The number of rotatable bonds is 4. The van der Waals surface area contributed by atoms with Crippen LogP contribution in [0.2, 0.25) is 0 Å². The summed E-state index contributed by atoms with van der Waals surface area (Å²) >= 11 is 3.33. The highest BCUT2D eigenvalue weighted by Gasteiger charge is 2.21. The average Bonchev–Trinajstić information content (AvgIpc) is 3.12. The lowest BCUT2D eigenvalue weighted by atomic mass is 10.0. The van der Waals surface area contributed by atoms with Crippen LogP contribution in [0.3, 0.4) is 0 Å². The molecule has 0 unspecified atom stereocenters. The van der Waals surface area contributed by atoms with Gasteiger partial charge in [0, 0.05) is 10.7 Å². The zero-order valence-electron chi connectivity index (χ0n) is 15.3. The first-order chi connectivity index (χ1) is 12.8. The van der Waals surface area contributed by atoms with Crippen LogP contribution >= 0.6 is 15.9 Å². The molecule has 1 aromatic heterocycles. The van der Waals surface area contributed by atoms with Crippen LogP contribution in [0.15, 0.2) is 65.4 Å². The maximum absolute atomic E-state index is 12.9. The Morgan fingerprint density at radius 1 is 1.04 bits per heavy atom. The van der Waals surface area contributed by atoms with E-state index in [4.69, 9.17) is 4.74 Å². The summed E-state index contributed by atoms with van der Waals surface area (Å²) in [6.07, 6.45) is 3.23. The molecule has 6 heteroatoms. The maximum Gasteiger partial charge on any atom is 0.343 e. The molecule has 0 N–H and O–H groups in total. The molecule has 0 atom stereocenters. The SMILES string of the molecule is CC(C)(C)n1cc(C(=O)c2ccccc2OC(=O)c2cccc(Br)c2)cn1. The zero-order valence-corrected chi connectivity index (χ0v) is 16.9. The standard InChI is InChI=1S/C21H19BrN2O3/c1-21(2,3)24-13-15(12-23-24)19(25)17-9-4-5-10-18(17)27-20(26)14-7-6-8-16(22)11-14/h4-13H,1-3H3. The molecule has 0 fully saturated rings. The molecule has 0 amide bonds. The summed E-state index contributed by atoms with van der Waals surface area (Å²) in [4.78, 5) is 25.4. The van der Waals surface area contributed by atoms with Gasteiger partial charge in [0.2, 0.25) is 0 Å². The largest absolute Gasteiger partial charge is 0.422 e. The van der Waals surface area contributed by atoms with Crippen molar-refractivity contribution in [2.45, 2.75) is 26.3 Å². The van der Waals surface area contributed by atoms with Crippen molar-refractivity contribution in [3.8, 4) is 5.75 Å². The number of hydrogen-bond donors (Lipinski definition) is 0. The Bertz CT molecular complexity index is 1000. The fourth-order valence-corrected chi connectivity index (χ4v) is 2.88. The van der Waals surface area contributed by atoms with E-state index < -0.39 is 5.97 Å². The lowest BCUT2D eigenvalue weighted by Gasteiger charge is -2.18. The number of hydrogen-bond acceptors (Lipinski definition) is 4. The molecular formula is C21H19BrN2O3. The van der Waals surface area contributed by atoms with Gasteiger partial charge in [-0.25, -0.2) is 4.79 Å². The van der Waals surface area contributed by atoms with Gasteiger partial charge in [0.25, 0.3) is 0 Å². The molecule has 0 bridgehead atoms. The van der Waals surface area contributed by atoms with Crippen molar-refractivity contribution in [3.05, 3.63) is 82.1 Å². The van der Waals surface area contributed by atoms with Gasteiger partial charge in [0.15, 0.2) is 5.78 Å². The Morgan fingerprint density at radius 3 is 2.44 bits per heavy atom. The van der Waals surface area contributed by atoms with Crippen molar-refractivity contribution in [1.82, 2.24) is 9.78 Å². The molecule has 0 aliphatic rings. The van der Waals surface area contributed by atoms with Crippen molar-refractivity contribution in [2.24, 2.45) is 0 Å². The normalized spacial score (nSPS) is 11.3. The number of halogens is 1. The van der Waals surface area contributed by atoms with Gasteiger partial charge in [-0.15, -0.1) is 0 Å². The Hall–Kier alpha value is -2.73. The molecule has 2 aromatic carbocycles. The monoisotopic (exact) mass is 426 g/mol. The lowest BCUT2D eigenvalue weighted by Crippen LogP contribution is -2.22. The summed E-state index contributed by atoms with van der Waals surface area (Å²) in [5.41, 5.74) is 0.919. The van der Waals surface area contributed by atoms with Gasteiger partial charge in [0.05, 0.1) is 28.4 Å². The smallest absolute Gasteiger partial charge is 0.343 e. The van der Waals surface area contributed by atoms with Crippen LogP contribution in [0, 0.1) is 0 Å². The minimum absolute atomic E-state index is 0.219. The van der Waals surface area contributed by atoms with Crippen molar-refractivity contribution < 1.29 is 14.3 Å². The zero-order chi connectivity index (χ0) is 19.6. The van der Waals surface area contributed by atoms with Crippen molar-refractivity contribution in [2.75, 3.05) is 0 Å². The second-order valence-corrected chi connectivity index (χ2v) is 7.99. The highest BCUT2D eigenvalue weighted by Crippen LogP contribution is 2.24. The molecule has 0 saturated heterocycles. The van der Waals surface area contributed by atoms with E-state index in [2.05, 4.69) is 21.0 Å². The summed E-state index contributed by atoms with van der Waals surface area (Å²) in [5, 5.41) is 4.26. The molecule has 0 saturated carbocycles. The molecule has 0 aliphatic heterocycles. The quantitative estimate of drug-likeness (QED) is 0.339. The van der Waals surface area contributed by atoms with E-state index in [1.165, 1.54) is 6.20 Å². The van der Waals surface area contributed by atoms with Gasteiger partial charge in [0.1, 0.15) is 5.75 Å². The average molecular weight is 427 g/mol. The molecule has 0 aliphatic carbocycles. The highest BCUT2D eigenvalue weighted by atomic mass is 79.9. The van der Waals surface area contributed by atoms with E-state index in [-0.39, 0.29) is 17.1 Å². The van der Waals surface area contributed by atoms with Crippen LogP contribution in [0.1, 0.15) is 47.1 Å². The fourth-order valence-electron chi connectivity index (χ4n) is 2.48. The molecule has 0 spiro atoms. The van der Waals surface area contributed by atoms with E-state index in [0.29, 0.717) is 16.7 Å². The van der Waals surface area contributed by atoms with E-state index in [0.717, 1.165) is 4.47 Å². The molecule has 27 heavy (non-hydrogen) atoms. The van der Waals surface area contributed by atoms with Gasteiger partial charge in [-0.3, -0.25) is 9.48 Å². The van der Waals surface area contributed by atoms with Crippen LogP contribution in [0.25, 0.3) is 0 Å². The summed E-state index contributed by atoms with van der Waals surface area (Å²) in [7, 11) is 0. The number of benzene rings is 2. The molecule has 3 rings (SSSR count). The van der Waals surface area contributed by atoms with Gasteiger partial charge in [-0.2, -0.15) is 5.10 Å². The lowest BCUT2D eigenvalue weighted by molar-refractivity contribution is 0.0733. The van der Waals surface area contributed by atoms with E-state index in [1.54, 1.807) is 53.3 Å². The number of carbonyl (C=O) groups is 2. The fraction of sp³-hybridized carbons (Fsp3) is 0.190. The summed E-state index contributed by atoms with van der Waals surface area (Å²) < 4.78 is 8.00. The third kappa shape index (κ3) is 4.34. The van der Waals surface area contributed by atoms with Crippen LogP contribution in [0.5, 0.6) is 5.75 Å². The minimum Gasteiger partial charge on any atom is -0.422 e. The molecular weight excluding hydrogens is 408 g/mol. The molecule has 1 heterocycles. The van der Waals surface area contributed by atoms with Gasteiger partial charge in [-0.05, 0) is 51.1 Å². The number of carbonyl (C=O) groups excluding carboxylic acids is 2. The number of nitrogens with zero attached hydrogens (tertiary/aromatic N) is 2. The number of ether oxygens (including phenoxy) is 1. The molecule has 138 valence electrons. The Morgan fingerprint density at radius 2 is 1.78 bits per heavy atom. The first-order valence-electron chi connectivity index (χ1n) is 8.42. The molecule has 0 radical (unpaired) electrons. The van der Waals surface area contributed by atoms with Gasteiger partial charge >= 0.3 is 5.97 Å². The molecule has 5 nitrogen and oxygen atoms in total. The summed E-state index contributed by atoms with van der Waals surface area (Å²) in [6.45, 7) is 6.01. The summed E-state index contributed by atoms with van der Waals surface area (Å²) in [6, 6.07) is 13.6. The topological polar surface area (TPSA) is 61.2 Å². The number of para-hydroxylation sites is 1. The molecule has 3 aromatic rings. The second-order valence-electron chi connectivity index (χ2n) is 7.07. The Labute approximate surface area is 166 Å². The minimum atomic E-state index is -0.526. The van der Waals surface area contributed by atoms with E-state index in [1.807, 2.05) is 26.8 Å². The van der Waals surface area contributed by atoms with Crippen LogP contribution in [0.4, 0.5) is 0 Å². The number of esters is 1. The van der Waals surface area contributed by atoms with Crippen LogP contribution < -0.4 is 4.74 Å². The van der Waals surface area contributed by atoms with Crippen LogP contribution in [-0.2, 0) is 5.54 Å². The van der Waals surface area contributed by atoms with Gasteiger partial charge in [-0.1, -0.05) is 34.1 Å². The first-order valence-corrected chi connectivity index (χ1v) is 9.21. The summed E-state index contributed by atoms with van der Waals surface area (Å²) in [5.74, 6) is -0.555. The predicted octanol–water partition coefficient (Wildman–Crippen LogP) is 4.85. The van der Waals surface area contributed by atoms with Gasteiger partial charge < -0.3 is 4.74 Å². The van der Waals surface area contributed by atoms with Crippen molar-refractivity contribution in [1.29, 1.82) is 0 Å². The highest BCUT2D eigenvalue weighted by molar-refractivity contribution is 9.10. The first kappa shape index (κ1) is 19.0. The number of ketones is 1. The number of aromatic nitrogens is 2. The predicted molar refractivity (Wildman–Crippen MR) is 106 cm³/mol. The third-order valence-electron chi connectivity index (χ3n) is 3.93. The Balaban J connectivity index is 1.88.